The molecule has 0 aliphatic heterocycles. The predicted octanol–water partition coefficient (Wildman–Crippen LogP) is 2.55. The molecule has 3 N–H and O–H groups in total. The second-order valence-electron chi connectivity index (χ2n) is 4.98. The van der Waals surface area contributed by atoms with Crippen molar-refractivity contribution < 1.29 is 15.2 Å². The highest BCUT2D eigenvalue weighted by molar-refractivity contribution is 5.70. The van der Waals surface area contributed by atoms with Gasteiger partial charge in [-0.05, 0) is 19.8 Å². The van der Waals surface area contributed by atoms with Gasteiger partial charge in [-0.2, -0.15) is 0 Å². The van der Waals surface area contributed by atoms with Crippen molar-refractivity contribution in [1.82, 2.24) is 0 Å². The molecule has 0 aromatic rings. The van der Waals surface area contributed by atoms with E-state index in [1.54, 1.807) is 6.92 Å². The van der Waals surface area contributed by atoms with Crippen molar-refractivity contribution in [3.05, 3.63) is 0 Å². The third kappa shape index (κ3) is 11.7. The van der Waals surface area contributed by atoms with Crippen LogP contribution in [0.4, 0.5) is 0 Å². The number of rotatable bonds is 12. The highest BCUT2D eigenvalue weighted by Gasteiger charge is 2.12. The van der Waals surface area contributed by atoms with Gasteiger partial charge in [0.15, 0.2) is 6.04 Å². The van der Waals surface area contributed by atoms with Crippen LogP contribution in [-0.4, -0.2) is 23.7 Å². The number of carbonyl (C=O) groups is 1. The Morgan fingerprint density at radius 2 is 1.47 bits per heavy atom. The Labute approximate surface area is 106 Å². The summed E-state index contributed by atoms with van der Waals surface area (Å²) in [5, 5.41) is 10.6. The van der Waals surface area contributed by atoms with Crippen LogP contribution in [0.3, 0.4) is 0 Å². The van der Waals surface area contributed by atoms with Crippen molar-refractivity contribution in [3.63, 3.8) is 0 Å². The van der Waals surface area contributed by atoms with Crippen molar-refractivity contribution in [2.75, 3.05) is 6.54 Å². The summed E-state index contributed by atoms with van der Waals surface area (Å²) in [6.07, 6.45) is 11.9. The molecule has 0 aromatic carbocycles. The molecule has 3 nitrogen and oxygen atoms in total. The van der Waals surface area contributed by atoms with Gasteiger partial charge in [-0.15, -0.1) is 0 Å². The minimum atomic E-state index is -0.707. The van der Waals surface area contributed by atoms with Gasteiger partial charge < -0.3 is 10.4 Å². The third-order valence-electron chi connectivity index (χ3n) is 3.22. The molecular formula is C14H30NO2+. The maximum atomic E-state index is 10.6. The Balaban J connectivity index is 3.06. The van der Waals surface area contributed by atoms with Crippen LogP contribution >= 0.6 is 0 Å². The van der Waals surface area contributed by atoms with Gasteiger partial charge in [-0.1, -0.05) is 51.9 Å². The average Bonchev–Trinajstić information content (AvgIpc) is 2.31. The molecule has 0 heterocycles. The molecule has 0 saturated carbocycles. The number of carboxylic acid groups (broad SMARTS) is 1. The van der Waals surface area contributed by atoms with E-state index in [9.17, 15) is 4.79 Å². The summed E-state index contributed by atoms with van der Waals surface area (Å²) in [5.41, 5.74) is 0. The summed E-state index contributed by atoms with van der Waals surface area (Å²) in [6, 6.07) is -0.288. The van der Waals surface area contributed by atoms with Gasteiger partial charge in [0.1, 0.15) is 0 Å². The van der Waals surface area contributed by atoms with E-state index in [0.717, 1.165) is 13.0 Å². The normalized spacial score (nSPS) is 12.6. The van der Waals surface area contributed by atoms with E-state index in [4.69, 9.17) is 5.11 Å². The lowest BCUT2D eigenvalue weighted by Gasteiger charge is -2.05. The number of hydrogen-bond donors (Lipinski definition) is 2. The summed E-state index contributed by atoms with van der Waals surface area (Å²) in [5.74, 6) is -0.707. The highest BCUT2D eigenvalue weighted by Crippen LogP contribution is 2.08. The SMILES string of the molecule is CCCCCCCCCCC[NH2+]C(C)C(=O)O. The number of unbranched alkanes of at least 4 members (excludes halogenated alkanes) is 8. The molecule has 0 spiro atoms. The van der Waals surface area contributed by atoms with E-state index >= 15 is 0 Å². The van der Waals surface area contributed by atoms with E-state index in [0.29, 0.717) is 0 Å². The average molecular weight is 244 g/mol. The van der Waals surface area contributed by atoms with Crippen molar-refractivity contribution >= 4 is 5.97 Å². The van der Waals surface area contributed by atoms with Gasteiger partial charge in [0, 0.05) is 0 Å². The van der Waals surface area contributed by atoms with Crippen molar-refractivity contribution in [2.45, 2.75) is 77.7 Å². The minimum Gasteiger partial charge on any atom is -0.477 e. The quantitative estimate of drug-likeness (QED) is 0.518. The maximum absolute atomic E-state index is 10.6. The van der Waals surface area contributed by atoms with Crippen molar-refractivity contribution in [2.24, 2.45) is 0 Å². The zero-order chi connectivity index (χ0) is 12.9. The van der Waals surface area contributed by atoms with Crippen LogP contribution in [0.2, 0.25) is 0 Å². The lowest BCUT2D eigenvalue weighted by atomic mass is 10.1. The zero-order valence-electron chi connectivity index (χ0n) is 11.6. The Bertz CT molecular complexity index is 183. The van der Waals surface area contributed by atoms with Crippen LogP contribution in [0.5, 0.6) is 0 Å². The Morgan fingerprint density at radius 1 is 1.00 bits per heavy atom. The largest absolute Gasteiger partial charge is 0.477 e. The standard InChI is InChI=1S/C14H29NO2/c1-3-4-5-6-7-8-9-10-11-12-15-13(2)14(16)17/h13,15H,3-12H2,1-2H3,(H,16,17)/p+1. The third-order valence-corrected chi connectivity index (χ3v) is 3.22. The first-order valence-corrected chi connectivity index (χ1v) is 7.24. The predicted molar refractivity (Wildman–Crippen MR) is 71.1 cm³/mol. The van der Waals surface area contributed by atoms with Crippen molar-refractivity contribution in [3.8, 4) is 0 Å². The second-order valence-corrected chi connectivity index (χ2v) is 4.98. The molecular weight excluding hydrogens is 214 g/mol. The second kappa shape index (κ2) is 11.9. The molecule has 1 atom stereocenters. The Morgan fingerprint density at radius 3 is 1.94 bits per heavy atom. The van der Waals surface area contributed by atoms with Crippen LogP contribution in [0, 0.1) is 0 Å². The van der Waals surface area contributed by atoms with Gasteiger partial charge in [-0.25, -0.2) is 4.79 Å². The van der Waals surface area contributed by atoms with Crippen LogP contribution in [0.1, 0.15) is 71.6 Å². The molecule has 0 radical (unpaired) electrons. The highest BCUT2D eigenvalue weighted by atomic mass is 16.4. The maximum Gasteiger partial charge on any atom is 0.362 e. The molecule has 3 heteroatoms. The molecule has 0 aromatic heterocycles. The Hall–Kier alpha value is -0.570. The summed E-state index contributed by atoms with van der Waals surface area (Å²) < 4.78 is 0. The Kier molecular flexibility index (Phi) is 11.5. The fraction of sp³-hybridized carbons (Fsp3) is 0.929. The molecule has 0 fully saturated rings. The van der Waals surface area contributed by atoms with Gasteiger partial charge >= 0.3 is 5.97 Å². The molecule has 0 aliphatic rings. The summed E-state index contributed by atoms with van der Waals surface area (Å²) in [7, 11) is 0. The smallest absolute Gasteiger partial charge is 0.362 e. The molecule has 0 rings (SSSR count). The molecule has 0 saturated heterocycles. The van der Waals surface area contributed by atoms with E-state index in [1.807, 2.05) is 5.32 Å². The molecule has 17 heavy (non-hydrogen) atoms. The first kappa shape index (κ1) is 16.4. The number of carboxylic acids is 1. The van der Waals surface area contributed by atoms with Crippen molar-refractivity contribution in [1.29, 1.82) is 0 Å². The molecule has 102 valence electrons. The number of hydrogen-bond acceptors (Lipinski definition) is 1. The molecule has 0 aliphatic carbocycles. The zero-order valence-corrected chi connectivity index (χ0v) is 11.6. The molecule has 1 unspecified atom stereocenters. The first-order chi connectivity index (χ1) is 8.18. The molecule has 0 amide bonds. The lowest BCUT2D eigenvalue weighted by molar-refractivity contribution is -0.675. The van der Waals surface area contributed by atoms with E-state index < -0.39 is 5.97 Å². The topological polar surface area (TPSA) is 53.9 Å². The summed E-state index contributed by atoms with van der Waals surface area (Å²) in [4.78, 5) is 10.6. The van der Waals surface area contributed by atoms with Gasteiger partial charge in [-0.3, -0.25) is 0 Å². The minimum absolute atomic E-state index is 0.288. The van der Waals surface area contributed by atoms with Crippen LogP contribution in [0.25, 0.3) is 0 Å². The number of quaternary nitrogens is 1. The number of aliphatic carboxylic acids is 1. The van der Waals surface area contributed by atoms with E-state index in [2.05, 4.69) is 6.92 Å². The van der Waals surface area contributed by atoms with Gasteiger partial charge in [0.05, 0.1) is 6.54 Å². The molecule has 0 bridgehead atoms. The lowest BCUT2D eigenvalue weighted by Crippen LogP contribution is -2.91. The van der Waals surface area contributed by atoms with Crippen LogP contribution < -0.4 is 5.32 Å². The van der Waals surface area contributed by atoms with Crippen LogP contribution in [-0.2, 0) is 4.79 Å². The summed E-state index contributed by atoms with van der Waals surface area (Å²) in [6.45, 7) is 4.94. The van der Waals surface area contributed by atoms with E-state index in [-0.39, 0.29) is 6.04 Å². The summed E-state index contributed by atoms with van der Waals surface area (Å²) >= 11 is 0. The fourth-order valence-corrected chi connectivity index (χ4v) is 1.92. The number of nitrogens with two attached hydrogens (primary N) is 1. The van der Waals surface area contributed by atoms with Gasteiger partial charge in [0.2, 0.25) is 0 Å². The van der Waals surface area contributed by atoms with Gasteiger partial charge in [0.25, 0.3) is 0 Å². The fourth-order valence-electron chi connectivity index (χ4n) is 1.92. The van der Waals surface area contributed by atoms with E-state index in [1.165, 1.54) is 51.4 Å². The van der Waals surface area contributed by atoms with Crippen LogP contribution in [0.15, 0.2) is 0 Å². The first-order valence-electron chi connectivity index (χ1n) is 7.24. The monoisotopic (exact) mass is 244 g/mol.